The van der Waals surface area contributed by atoms with Crippen molar-refractivity contribution in [1.29, 1.82) is 0 Å². The summed E-state index contributed by atoms with van der Waals surface area (Å²) in [5, 5.41) is 0. The van der Waals surface area contributed by atoms with Gasteiger partial charge in [-0.05, 0) is 31.7 Å². The fraction of sp³-hybridized carbons (Fsp3) is 0.615. The quantitative estimate of drug-likeness (QED) is 0.568. The van der Waals surface area contributed by atoms with E-state index in [2.05, 4.69) is 22.2 Å². The number of pyridine rings is 1. The van der Waals surface area contributed by atoms with Crippen molar-refractivity contribution in [3.63, 3.8) is 0 Å². The first-order valence-corrected chi connectivity index (χ1v) is 6.44. The zero-order chi connectivity index (χ0) is 13.0. The summed E-state index contributed by atoms with van der Waals surface area (Å²) >= 11 is 0. The molecule has 1 aliphatic carbocycles. The molecular weight excluding hydrogens is 228 g/mol. The molecule has 2 rings (SSSR count). The van der Waals surface area contributed by atoms with E-state index in [1.54, 1.807) is 13.3 Å². The number of nitrogens with zero attached hydrogens (tertiary/aromatic N) is 2. The van der Waals surface area contributed by atoms with Crippen molar-refractivity contribution in [1.82, 2.24) is 4.98 Å². The van der Waals surface area contributed by atoms with Gasteiger partial charge < -0.3 is 15.1 Å². The summed E-state index contributed by atoms with van der Waals surface area (Å²) in [6.45, 7) is 3.90. The van der Waals surface area contributed by atoms with Crippen LogP contribution in [0.3, 0.4) is 0 Å². The van der Waals surface area contributed by atoms with Crippen LogP contribution < -0.4 is 16.2 Å². The highest BCUT2D eigenvalue weighted by Crippen LogP contribution is 2.36. The number of anilines is 2. The van der Waals surface area contributed by atoms with Crippen LogP contribution in [0.4, 0.5) is 11.5 Å². The van der Waals surface area contributed by atoms with Crippen LogP contribution in [0.15, 0.2) is 18.3 Å². The maximum atomic E-state index is 5.41. The Kier molecular flexibility index (Phi) is 4.38. The van der Waals surface area contributed by atoms with Crippen molar-refractivity contribution in [2.24, 2.45) is 11.8 Å². The molecule has 0 bridgehead atoms. The van der Waals surface area contributed by atoms with Gasteiger partial charge in [0.25, 0.3) is 0 Å². The van der Waals surface area contributed by atoms with Gasteiger partial charge in [-0.3, -0.25) is 0 Å². The predicted octanol–water partition coefficient (Wildman–Crippen LogP) is 1.62. The summed E-state index contributed by atoms with van der Waals surface area (Å²) in [5.74, 6) is 6.91. The molecule has 5 nitrogen and oxygen atoms in total. The third kappa shape index (κ3) is 3.11. The van der Waals surface area contributed by atoms with Crippen LogP contribution in [0.1, 0.15) is 19.8 Å². The molecule has 1 atom stereocenters. The fourth-order valence-corrected chi connectivity index (χ4v) is 2.27. The van der Waals surface area contributed by atoms with Crippen molar-refractivity contribution in [3.8, 4) is 0 Å². The van der Waals surface area contributed by atoms with Crippen LogP contribution in [0.2, 0.25) is 0 Å². The number of nitrogen functional groups attached to an aromatic ring is 1. The maximum Gasteiger partial charge on any atom is 0.141 e. The molecule has 0 radical (unpaired) electrons. The highest BCUT2D eigenvalue weighted by Gasteiger charge is 2.32. The SMILES string of the molecule is COCCN(c1ccnc(NN)c1)C(C)C1CC1. The number of ether oxygens (including phenoxy) is 1. The molecule has 1 saturated carbocycles. The number of hydrogen-bond donors (Lipinski definition) is 2. The molecule has 100 valence electrons. The first-order valence-electron chi connectivity index (χ1n) is 6.44. The lowest BCUT2D eigenvalue weighted by Crippen LogP contribution is -2.37. The van der Waals surface area contributed by atoms with Crippen molar-refractivity contribution >= 4 is 11.5 Å². The van der Waals surface area contributed by atoms with Gasteiger partial charge in [0.1, 0.15) is 5.82 Å². The van der Waals surface area contributed by atoms with Crippen LogP contribution in [-0.4, -0.2) is 31.3 Å². The minimum atomic E-state index is 0.535. The largest absolute Gasteiger partial charge is 0.383 e. The molecule has 1 aromatic heterocycles. The third-order valence-electron chi connectivity index (χ3n) is 3.56. The third-order valence-corrected chi connectivity index (χ3v) is 3.56. The summed E-state index contributed by atoms with van der Waals surface area (Å²) < 4.78 is 5.20. The normalized spacial score (nSPS) is 16.4. The number of methoxy groups -OCH3 is 1. The molecule has 5 heteroatoms. The molecule has 0 saturated heterocycles. The van der Waals surface area contributed by atoms with E-state index in [4.69, 9.17) is 10.6 Å². The second kappa shape index (κ2) is 6.02. The van der Waals surface area contributed by atoms with E-state index in [0.717, 1.165) is 24.8 Å². The Labute approximate surface area is 108 Å². The lowest BCUT2D eigenvalue weighted by atomic mass is 10.1. The summed E-state index contributed by atoms with van der Waals surface area (Å²) in [6.07, 6.45) is 4.44. The first-order chi connectivity index (χ1) is 8.76. The predicted molar refractivity (Wildman–Crippen MR) is 73.5 cm³/mol. The summed E-state index contributed by atoms with van der Waals surface area (Å²) in [7, 11) is 1.74. The van der Waals surface area contributed by atoms with Crippen LogP contribution >= 0.6 is 0 Å². The molecule has 3 N–H and O–H groups in total. The van der Waals surface area contributed by atoms with Crippen molar-refractivity contribution in [2.45, 2.75) is 25.8 Å². The van der Waals surface area contributed by atoms with Crippen LogP contribution in [-0.2, 0) is 4.74 Å². The van der Waals surface area contributed by atoms with E-state index >= 15 is 0 Å². The van der Waals surface area contributed by atoms with Crippen LogP contribution in [0.5, 0.6) is 0 Å². The highest BCUT2D eigenvalue weighted by atomic mass is 16.5. The monoisotopic (exact) mass is 250 g/mol. The average Bonchev–Trinajstić information content (AvgIpc) is 3.23. The molecule has 0 spiro atoms. The van der Waals surface area contributed by atoms with E-state index in [1.807, 2.05) is 12.1 Å². The van der Waals surface area contributed by atoms with Gasteiger partial charge in [0.15, 0.2) is 0 Å². The topological polar surface area (TPSA) is 63.4 Å². The van der Waals surface area contributed by atoms with Gasteiger partial charge in [-0.1, -0.05) is 0 Å². The van der Waals surface area contributed by atoms with Gasteiger partial charge in [0.05, 0.1) is 6.61 Å². The van der Waals surface area contributed by atoms with Gasteiger partial charge in [0.2, 0.25) is 0 Å². The number of hydrazine groups is 1. The zero-order valence-electron chi connectivity index (χ0n) is 11.1. The Bertz CT molecular complexity index is 381. The maximum absolute atomic E-state index is 5.41. The minimum absolute atomic E-state index is 0.535. The van der Waals surface area contributed by atoms with Crippen LogP contribution in [0, 0.1) is 5.92 Å². The zero-order valence-corrected chi connectivity index (χ0v) is 11.1. The van der Waals surface area contributed by atoms with Crippen molar-refractivity contribution in [2.75, 3.05) is 30.6 Å². The van der Waals surface area contributed by atoms with E-state index in [1.165, 1.54) is 12.8 Å². The van der Waals surface area contributed by atoms with Gasteiger partial charge in [0, 0.05) is 37.6 Å². The van der Waals surface area contributed by atoms with E-state index in [0.29, 0.717) is 11.9 Å². The lowest BCUT2D eigenvalue weighted by Gasteiger charge is -2.31. The van der Waals surface area contributed by atoms with Gasteiger partial charge in [-0.2, -0.15) is 0 Å². The second-order valence-corrected chi connectivity index (χ2v) is 4.81. The molecule has 0 amide bonds. The van der Waals surface area contributed by atoms with Crippen molar-refractivity contribution in [3.05, 3.63) is 18.3 Å². The molecule has 1 fully saturated rings. The summed E-state index contributed by atoms with van der Waals surface area (Å²) in [6, 6.07) is 4.54. The molecule has 1 aliphatic rings. The van der Waals surface area contributed by atoms with E-state index in [9.17, 15) is 0 Å². The fourth-order valence-electron chi connectivity index (χ4n) is 2.27. The number of nitrogens with one attached hydrogen (secondary N) is 1. The molecule has 18 heavy (non-hydrogen) atoms. The lowest BCUT2D eigenvalue weighted by molar-refractivity contribution is 0.202. The standard InChI is InChI=1S/C13H22N4O/c1-10(11-3-4-11)17(7-8-18-2)12-5-6-15-13(9-12)16-14/h5-6,9-11H,3-4,7-8,14H2,1-2H3,(H,15,16). The van der Waals surface area contributed by atoms with Gasteiger partial charge >= 0.3 is 0 Å². The van der Waals surface area contributed by atoms with E-state index in [-0.39, 0.29) is 0 Å². The minimum Gasteiger partial charge on any atom is -0.383 e. The number of hydrogen-bond acceptors (Lipinski definition) is 5. The highest BCUT2D eigenvalue weighted by molar-refractivity contribution is 5.54. The number of aromatic nitrogens is 1. The van der Waals surface area contributed by atoms with Gasteiger partial charge in [-0.15, -0.1) is 0 Å². The Balaban J connectivity index is 2.14. The van der Waals surface area contributed by atoms with Crippen LogP contribution in [0.25, 0.3) is 0 Å². The summed E-state index contributed by atoms with van der Waals surface area (Å²) in [4.78, 5) is 6.53. The molecule has 1 unspecified atom stereocenters. The van der Waals surface area contributed by atoms with Gasteiger partial charge in [-0.25, -0.2) is 10.8 Å². The molecule has 1 heterocycles. The second-order valence-electron chi connectivity index (χ2n) is 4.81. The number of rotatable bonds is 7. The first kappa shape index (κ1) is 13.1. The Hall–Kier alpha value is -1.33. The smallest absolute Gasteiger partial charge is 0.141 e. The average molecular weight is 250 g/mol. The molecule has 0 aromatic carbocycles. The molecular formula is C13H22N4O. The Morgan fingerprint density at radius 3 is 3.00 bits per heavy atom. The molecule has 0 aliphatic heterocycles. The van der Waals surface area contributed by atoms with E-state index < -0.39 is 0 Å². The molecule has 1 aromatic rings. The Morgan fingerprint density at radius 1 is 1.61 bits per heavy atom. The van der Waals surface area contributed by atoms with Crippen molar-refractivity contribution < 1.29 is 4.74 Å². The number of nitrogens with two attached hydrogens (primary N) is 1. The summed E-state index contributed by atoms with van der Waals surface area (Å²) in [5.41, 5.74) is 3.74. The Morgan fingerprint density at radius 2 is 2.39 bits per heavy atom.